The monoisotopic (exact) mass is 472 g/mol. The fourth-order valence-electron chi connectivity index (χ4n) is 4.38. The summed E-state index contributed by atoms with van der Waals surface area (Å²) in [5, 5.41) is 3.43. The van der Waals surface area contributed by atoms with Crippen molar-refractivity contribution in [3.05, 3.63) is 65.9 Å². The van der Waals surface area contributed by atoms with Crippen molar-refractivity contribution in [3.63, 3.8) is 0 Å². The van der Waals surface area contributed by atoms with Crippen molar-refractivity contribution in [2.45, 2.75) is 6.92 Å². The van der Waals surface area contributed by atoms with Crippen LogP contribution >= 0.6 is 0 Å². The topological polar surface area (TPSA) is 73.8 Å². The maximum Gasteiger partial charge on any atom is 0.253 e. The SMILES string of the molecule is Cc1cnc(-c2ccc(C(=O)N3CCN(C)CC3)cc2)nc1Nc1ccc(N2CCOCC2)cc1. The molecule has 5 rings (SSSR count). The molecular formula is C27H32N6O2. The minimum Gasteiger partial charge on any atom is -0.378 e. The Kier molecular flexibility index (Phi) is 6.92. The molecule has 0 atom stereocenters. The van der Waals surface area contributed by atoms with Crippen LogP contribution in [0.15, 0.2) is 54.7 Å². The molecular weight excluding hydrogens is 440 g/mol. The first kappa shape index (κ1) is 23.3. The summed E-state index contributed by atoms with van der Waals surface area (Å²) < 4.78 is 5.45. The zero-order valence-corrected chi connectivity index (χ0v) is 20.4. The molecule has 0 spiro atoms. The number of nitrogens with zero attached hydrogens (tertiary/aromatic N) is 5. The molecule has 2 aliphatic rings. The van der Waals surface area contributed by atoms with E-state index in [1.807, 2.05) is 42.3 Å². The summed E-state index contributed by atoms with van der Waals surface area (Å²) in [5.41, 5.74) is 4.72. The summed E-state index contributed by atoms with van der Waals surface area (Å²) in [4.78, 5) is 28.6. The Morgan fingerprint density at radius 3 is 2.29 bits per heavy atom. The number of ether oxygens (including phenoxy) is 1. The van der Waals surface area contributed by atoms with Crippen molar-refractivity contribution in [2.75, 3.05) is 69.7 Å². The van der Waals surface area contributed by atoms with E-state index in [0.29, 0.717) is 11.4 Å². The summed E-state index contributed by atoms with van der Waals surface area (Å²) in [5.74, 6) is 1.48. The van der Waals surface area contributed by atoms with Crippen LogP contribution in [0, 0.1) is 6.92 Å². The quantitative estimate of drug-likeness (QED) is 0.610. The lowest BCUT2D eigenvalue weighted by Gasteiger charge is -2.32. The Labute approximate surface area is 206 Å². The zero-order chi connectivity index (χ0) is 24.2. The molecule has 35 heavy (non-hydrogen) atoms. The number of aryl methyl sites for hydroxylation is 1. The standard InChI is InChI=1S/C27H32N6O2/c1-20-19-28-26(21-3-5-22(6-4-21)27(34)33-13-11-31(2)12-14-33)30-25(20)29-23-7-9-24(10-8-23)32-15-17-35-18-16-32/h3-10,19H,11-18H2,1-2H3,(H,28,29,30). The van der Waals surface area contributed by atoms with Gasteiger partial charge < -0.3 is 24.8 Å². The molecule has 1 N–H and O–H groups in total. The van der Waals surface area contributed by atoms with Gasteiger partial charge in [0.25, 0.3) is 5.91 Å². The van der Waals surface area contributed by atoms with E-state index < -0.39 is 0 Å². The average molecular weight is 473 g/mol. The first-order valence-corrected chi connectivity index (χ1v) is 12.2. The van der Waals surface area contributed by atoms with Gasteiger partial charge in [-0.05, 0) is 50.4 Å². The van der Waals surface area contributed by atoms with E-state index >= 15 is 0 Å². The molecule has 0 bridgehead atoms. The zero-order valence-electron chi connectivity index (χ0n) is 20.4. The minimum absolute atomic E-state index is 0.0809. The van der Waals surface area contributed by atoms with E-state index in [2.05, 4.69) is 51.4 Å². The fraction of sp³-hybridized carbons (Fsp3) is 0.370. The van der Waals surface area contributed by atoms with Crippen molar-refractivity contribution in [1.29, 1.82) is 0 Å². The van der Waals surface area contributed by atoms with Gasteiger partial charge in [-0.2, -0.15) is 0 Å². The van der Waals surface area contributed by atoms with Crippen molar-refractivity contribution in [2.24, 2.45) is 0 Å². The molecule has 3 aromatic rings. The van der Waals surface area contributed by atoms with Gasteiger partial charge in [0.1, 0.15) is 5.82 Å². The normalized spacial score (nSPS) is 16.9. The van der Waals surface area contributed by atoms with Crippen LogP contribution in [0.3, 0.4) is 0 Å². The number of nitrogens with one attached hydrogen (secondary N) is 1. The molecule has 0 aliphatic carbocycles. The number of hydrogen-bond acceptors (Lipinski definition) is 7. The molecule has 2 aliphatic heterocycles. The van der Waals surface area contributed by atoms with Crippen LogP contribution in [0.1, 0.15) is 15.9 Å². The van der Waals surface area contributed by atoms with Crippen LogP contribution in [0.25, 0.3) is 11.4 Å². The van der Waals surface area contributed by atoms with Crippen molar-refractivity contribution in [1.82, 2.24) is 19.8 Å². The third-order valence-electron chi connectivity index (χ3n) is 6.66. The predicted molar refractivity (Wildman–Crippen MR) is 138 cm³/mol. The third kappa shape index (κ3) is 5.44. The molecule has 0 radical (unpaired) electrons. The molecule has 2 aromatic carbocycles. The molecule has 8 heteroatoms. The number of carbonyl (C=O) groups is 1. The molecule has 2 saturated heterocycles. The predicted octanol–water partition coefficient (Wildman–Crippen LogP) is 3.42. The highest BCUT2D eigenvalue weighted by Gasteiger charge is 2.20. The highest BCUT2D eigenvalue weighted by atomic mass is 16.5. The Morgan fingerprint density at radius 1 is 0.914 bits per heavy atom. The van der Waals surface area contributed by atoms with Crippen LogP contribution in [0.2, 0.25) is 0 Å². The van der Waals surface area contributed by atoms with Gasteiger partial charge >= 0.3 is 0 Å². The second-order valence-electron chi connectivity index (χ2n) is 9.17. The van der Waals surface area contributed by atoms with Gasteiger partial charge in [0.05, 0.1) is 13.2 Å². The molecule has 1 aromatic heterocycles. The summed E-state index contributed by atoms with van der Waals surface area (Å²) in [6.07, 6.45) is 1.83. The van der Waals surface area contributed by atoms with Gasteiger partial charge in [0.15, 0.2) is 5.82 Å². The van der Waals surface area contributed by atoms with Crippen molar-refractivity contribution in [3.8, 4) is 11.4 Å². The lowest BCUT2D eigenvalue weighted by molar-refractivity contribution is 0.0664. The first-order chi connectivity index (χ1) is 17.1. The van der Waals surface area contributed by atoms with E-state index in [4.69, 9.17) is 9.72 Å². The number of amides is 1. The summed E-state index contributed by atoms with van der Waals surface area (Å²) >= 11 is 0. The lowest BCUT2D eigenvalue weighted by Crippen LogP contribution is -2.47. The number of piperazine rings is 1. The molecule has 2 fully saturated rings. The maximum atomic E-state index is 12.8. The van der Waals surface area contributed by atoms with E-state index in [0.717, 1.165) is 75.1 Å². The Hall–Kier alpha value is -3.49. The van der Waals surface area contributed by atoms with E-state index in [-0.39, 0.29) is 5.91 Å². The van der Waals surface area contributed by atoms with Crippen molar-refractivity contribution >= 4 is 23.1 Å². The van der Waals surface area contributed by atoms with Gasteiger partial charge in [0, 0.05) is 73.5 Å². The largest absolute Gasteiger partial charge is 0.378 e. The summed E-state index contributed by atoms with van der Waals surface area (Å²) in [6.45, 7) is 8.72. The van der Waals surface area contributed by atoms with Gasteiger partial charge in [-0.3, -0.25) is 4.79 Å². The Bertz CT molecular complexity index is 1150. The molecule has 0 saturated carbocycles. The van der Waals surface area contributed by atoms with Gasteiger partial charge in [0.2, 0.25) is 0 Å². The van der Waals surface area contributed by atoms with Gasteiger partial charge in [-0.15, -0.1) is 0 Å². The van der Waals surface area contributed by atoms with E-state index in [1.54, 1.807) is 0 Å². The van der Waals surface area contributed by atoms with E-state index in [1.165, 1.54) is 5.69 Å². The number of likely N-dealkylation sites (N-methyl/N-ethyl adjacent to an activating group) is 1. The summed E-state index contributed by atoms with van der Waals surface area (Å²) in [6, 6.07) is 16.0. The average Bonchev–Trinajstić information content (AvgIpc) is 2.91. The van der Waals surface area contributed by atoms with Crippen LogP contribution in [-0.2, 0) is 4.74 Å². The number of rotatable bonds is 5. The second kappa shape index (κ2) is 10.4. The summed E-state index contributed by atoms with van der Waals surface area (Å²) in [7, 11) is 2.09. The number of hydrogen-bond donors (Lipinski definition) is 1. The smallest absolute Gasteiger partial charge is 0.253 e. The highest BCUT2D eigenvalue weighted by molar-refractivity contribution is 5.94. The Balaban J connectivity index is 1.28. The number of aromatic nitrogens is 2. The molecule has 0 unspecified atom stereocenters. The molecule has 1 amide bonds. The second-order valence-corrected chi connectivity index (χ2v) is 9.17. The number of morpholine rings is 1. The third-order valence-corrected chi connectivity index (χ3v) is 6.66. The number of benzene rings is 2. The minimum atomic E-state index is 0.0809. The van der Waals surface area contributed by atoms with Crippen molar-refractivity contribution < 1.29 is 9.53 Å². The Morgan fingerprint density at radius 2 is 1.60 bits per heavy atom. The lowest BCUT2D eigenvalue weighted by atomic mass is 10.1. The highest BCUT2D eigenvalue weighted by Crippen LogP contribution is 2.25. The molecule has 3 heterocycles. The van der Waals surface area contributed by atoms with Gasteiger partial charge in [-0.25, -0.2) is 9.97 Å². The van der Waals surface area contributed by atoms with Crippen LogP contribution < -0.4 is 10.2 Å². The van der Waals surface area contributed by atoms with E-state index in [9.17, 15) is 4.79 Å². The first-order valence-electron chi connectivity index (χ1n) is 12.2. The molecule has 182 valence electrons. The van der Waals surface area contributed by atoms with Gasteiger partial charge in [-0.1, -0.05) is 12.1 Å². The maximum absolute atomic E-state index is 12.8. The van der Waals surface area contributed by atoms with Crippen LogP contribution in [0.5, 0.6) is 0 Å². The number of carbonyl (C=O) groups excluding carboxylic acids is 1. The number of anilines is 3. The van der Waals surface area contributed by atoms with Crippen LogP contribution in [-0.4, -0.2) is 85.2 Å². The molecule has 8 nitrogen and oxygen atoms in total. The van der Waals surface area contributed by atoms with Crippen LogP contribution in [0.4, 0.5) is 17.2 Å². The fourth-order valence-corrected chi connectivity index (χ4v) is 4.38.